The number of rotatable bonds is 10. The summed E-state index contributed by atoms with van der Waals surface area (Å²) in [5.74, 6) is 3.59. The highest BCUT2D eigenvalue weighted by Crippen LogP contribution is 2.48. The number of carbonyl (C=O) groups is 1. The second-order valence-corrected chi connectivity index (χ2v) is 8.24. The van der Waals surface area contributed by atoms with Crippen LogP contribution in [0.3, 0.4) is 0 Å². The predicted molar refractivity (Wildman–Crippen MR) is 112 cm³/mol. The predicted octanol–water partition coefficient (Wildman–Crippen LogP) is 4.68. The van der Waals surface area contributed by atoms with Crippen molar-refractivity contribution in [3.8, 4) is 5.75 Å². The van der Waals surface area contributed by atoms with Crippen molar-refractivity contribution >= 4 is 6.29 Å². The van der Waals surface area contributed by atoms with Crippen LogP contribution in [0.5, 0.6) is 5.75 Å². The molecule has 4 nitrogen and oxygen atoms in total. The van der Waals surface area contributed by atoms with Crippen LogP contribution < -0.4 is 4.74 Å². The lowest BCUT2D eigenvalue weighted by molar-refractivity contribution is -0.109. The number of aldehydes is 1. The van der Waals surface area contributed by atoms with Crippen LogP contribution in [0, 0.1) is 17.8 Å². The van der Waals surface area contributed by atoms with E-state index in [2.05, 4.69) is 19.1 Å². The molecule has 1 saturated carbocycles. The largest absolute Gasteiger partial charge is 0.486 e. The van der Waals surface area contributed by atoms with Crippen molar-refractivity contribution in [3.05, 3.63) is 29.3 Å². The molecule has 3 atom stereocenters. The molecule has 1 fully saturated rings. The van der Waals surface area contributed by atoms with Crippen molar-refractivity contribution in [2.24, 2.45) is 17.8 Å². The fourth-order valence-electron chi connectivity index (χ4n) is 5.18. The minimum Gasteiger partial charge on any atom is -0.486 e. The molecule has 28 heavy (non-hydrogen) atoms. The Morgan fingerprint density at radius 1 is 1.07 bits per heavy atom. The van der Waals surface area contributed by atoms with Gasteiger partial charge in [-0.05, 0) is 60.6 Å². The molecule has 0 saturated heterocycles. The lowest BCUT2D eigenvalue weighted by Crippen LogP contribution is -2.25. The first-order valence-electron chi connectivity index (χ1n) is 11.1. The summed E-state index contributed by atoms with van der Waals surface area (Å²) < 4.78 is 5.67. The fraction of sp³-hybridized carbons (Fsp3) is 0.708. The maximum absolute atomic E-state index is 10.6. The lowest BCUT2D eigenvalue weighted by atomic mass is 9.73. The summed E-state index contributed by atoms with van der Waals surface area (Å²) in [6, 6.07) is 6.40. The fourth-order valence-corrected chi connectivity index (χ4v) is 5.18. The minimum absolute atomic E-state index is 0.172. The van der Waals surface area contributed by atoms with Crippen LogP contribution in [0.15, 0.2) is 18.2 Å². The molecule has 2 aliphatic rings. The molecule has 4 heteroatoms. The molecule has 0 spiro atoms. The van der Waals surface area contributed by atoms with E-state index in [0.29, 0.717) is 0 Å². The van der Waals surface area contributed by atoms with Gasteiger partial charge in [-0.3, -0.25) is 4.79 Å². The summed E-state index contributed by atoms with van der Waals surface area (Å²) in [5.41, 5.74) is 2.85. The molecule has 0 radical (unpaired) electrons. The quantitative estimate of drug-likeness (QED) is 0.346. The van der Waals surface area contributed by atoms with Gasteiger partial charge >= 0.3 is 0 Å². The number of ether oxygens (including phenoxy) is 1. The Morgan fingerprint density at radius 3 is 2.57 bits per heavy atom. The number of fused-ring (bicyclic) bond motifs is 2. The van der Waals surface area contributed by atoms with Gasteiger partial charge in [-0.25, -0.2) is 0 Å². The van der Waals surface area contributed by atoms with Gasteiger partial charge in [0.1, 0.15) is 19.1 Å². The molecule has 3 rings (SSSR count). The molecule has 0 bridgehead atoms. The first kappa shape index (κ1) is 22.9. The number of hydrogen-bond acceptors (Lipinski definition) is 4. The second-order valence-electron chi connectivity index (χ2n) is 8.24. The summed E-state index contributed by atoms with van der Waals surface area (Å²) in [5, 5.41) is 14.2. The highest BCUT2D eigenvalue weighted by Gasteiger charge is 2.39. The molecular weight excluding hydrogens is 352 g/mol. The molecule has 0 amide bonds. The summed E-state index contributed by atoms with van der Waals surface area (Å²) in [6.07, 6.45) is 15.9. The van der Waals surface area contributed by atoms with Gasteiger partial charge < -0.3 is 14.9 Å². The first-order chi connectivity index (χ1) is 13.7. The normalized spacial score (nSPS) is 22.6. The van der Waals surface area contributed by atoms with Crippen LogP contribution >= 0.6 is 0 Å². The number of aliphatic hydroxyl groups is 2. The van der Waals surface area contributed by atoms with E-state index in [-0.39, 0.29) is 6.61 Å². The highest BCUT2D eigenvalue weighted by atomic mass is 16.5. The third-order valence-electron chi connectivity index (χ3n) is 6.51. The number of unbranched alkanes of at least 4 members (excludes halogenated alkanes) is 5. The third-order valence-corrected chi connectivity index (χ3v) is 6.51. The van der Waals surface area contributed by atoms with Crippen molar-refractivity contribution in [3.63, 3.8) is 0 Å². The van der Waals surface area contributed by atoms with Gasteiger partial charge in [-0.2, -0.15) is 0 Å². The van der Waals surface area contributed by atoms with Gasteiger partial charge in [-0.1, -0.05) is 64.0 Å². The van der Waals surface area contributed by atoms with E-state index in [1.54, 1.807) is 0 Å². The van der Waals surface area contributed by atoms with Crippen molar-refractivity contribution < 1.29 is 19.7 Å². The average molecular weight is 391 g/mol. The van der Waals surface area contributed by atoms with Crippen LogP contribution in [-0.4, -0.2) is 29.9 Å². The maximum Gasteiger partial charge on any atom is 0.157 e. The van der Waals surface area contributed by atoms with Gasteiger partial charge in [0.25, 0.3) is 0 Å². The number of hydrogen-bond donors (Lipinski definition) is 2. The van der Waals surface area contributed by atoms with Crippen molar-refractivity contribution in [1.82, 2.24) is 0 Å². The number of benzene rings is 1. The zero-order chi connectivity index (χ0) is 20.2. The van der Waals surface area contributed by atoms with Crippen LogP contribution in [0.4, 0.5) is 0 Å². The standard InChI is InChI=1S/C23H34O2.CH4O2/c1-2-3-4-5-6-7-9-18-12-13-20-17-22-19(16-21(18)20)10-8-11-23(22)25-15-14-24;2-1-3/h8,10-11,14,18,20-21H,2-7,9,12-13,15-17H2,1H3;2-3H,1H2. The molecule has 0 aromatic heterocycles. The topological polar surface area (TPSA) is 66.8 Å². The van der Waals surface area contributed by atoms with Gasteiger partial charge in [0, 0.05) is 0 Å². The van der Waals surface area contributed by atoms with Crippen molar-refractivity contribution in [2.75, 3.05) is 13.4 Å². The van der Waals surface area contributed by atoms with E-state index in [1.165, 1.54) is 75.3 Å². The lowest BCUT2D eigenvalue weighted by Gasteiger charge is -2.32. The minimum atomic E-state index is -0.750. The highest BCUT2D eigenvalue weighted by molar-refractivity contribution is 5.52. The van der Waals surface area contributed by atoms with E-state index >= 15 is 0 Å². The van der Waals surface area contributed by atoms with Gasteiger partial charge in [0.15, 0.2) is 6.29 Å². The molecule has 2 N–H and O–H groups in total. The maximum atomic E-state index is 10.6. The molecule has 158 valence electrons. The van der Waals surface area contributed by atoms with E-state index in [0.717, 1.165) is 36.2 Å². The van der Waals surface area contributed by atoms with Gasteiger partial charge in [0.05, 0.1) is 0 Å². The number of aliphatic hydroxyl groups excluding tert-OH is 1. The first-order valence-corrected chi connectivity index (χ1v) is 11.1. The van der Waals surface area contributed by atoms with Gasteiger partial charge in [-0.15, -0.1) is 0 Å². The smallest absolute Gasteiger partial charge is 0.157 e. The van der Waals surface area contributed by atoms with E-state index < -0.39 is 6.79 Å². The van der Waals surface area contributed by atoms with E-state index in [9.17, 15) is 4.79 Å². The van der Waals surface area contributed by atoms with Crippen LogP contribution in [0.25, 0.3) is 0 Å². The Hall–Kier alpha value is -1.39. The Balaban J connectivity index is 0.000000878. The third kappa shape index (κ3) is 6.59. The van der Waals surface area contributed by atoms with Crippen LogP contribution in [0.1, 0.15) is 75.8 Å². The summed E-state index contributed by atoms with van der Waals surface area (Å²) in [6.45, 7) is 1.71. The Kier molecular flexibility index (Phi) is 10.6. The average Bonchev–Trinajstić information content (AvgIpc) is 3.10. The Bertz CT molecular complexity index is 572. The van der Waals surface area contributed by atoms with Crippen molar-refractivity contribution in [1.29, 1.82) is 0 Å². The molecule has 0 heterocycles. The van der Waals surface area contributed by atoms with Crippen LogP contribution in [-0.2, 0) is 17.6 Å². The second kappa shape index (κ2) is 12.9. The van der Waals surface area contributed by atoms with E-state index in [4.69, 9.17) is 14.9 Å². The Morgan fingerprint density at radius 2 is 1.82 bits per heavy atom. The molecule has 3 unspecified atom stereocenters. The monoisotopic (exact) mass is 390 g/mol. The zero-order valence-corrected chi connectivity index (χ0v) is 17.4. The summed E-state index contributed by atoms with van der Waals surface area (Å²) in [7, 11) is 0. The molecule has 1 aromatic rings. The van der Waals surface area contributed by atoms with Gasteiger partial charge in [0.2, 0.25) is 0 Å². The SMILES string of the molecule is CCCCCCCCC1CCC2Cc3c(cccc3OCC=O)CC12.OCO. The Labute approximate surface area is 170 Å². The van der Waals surface area contributed by atoms with Crippen molar-refractivity contribution in [2.45, 2.75) is 77.6 Å². The summed E-state index contributed by atoms with van der Waals surface area (Å²) >= 11 is 0. The number of carbonyl (C=O) groups excluding carboxylic acids is 1. The van der Waals surface area contributed by atoms with E-state index in [1.807, 2.05) is 6.07 Å². The zero-order valence-electron chi connectivity index (χ0n) is 17.4. The van der Waals surface area contributed by atoms with Crippen LogP contribution in [0.2, 0.25) is 0 Å². The molecule has 1 aromatic carbocycles. The molecule has 2 aliphatic carbocycles. The molecular formula is C24H38O4. The molecule has 0 aliphatic heterocycles. The summed E-state index contributed by atoms with van der Waals surface area (Å²) in [4.78, 5) is 10.6.